The number of likely N-dealkylation sites (N-methyl/N-ethyl adjacent to an activating group) is 1. The van der Waals surface area contributed by atoms with Crippen molar-refractivity contribution in [3.8, 4) is 0 Å². The fourth-order valence-corrected chi connectivity index (χ4v) is 2.70. The predicted molar refractivity (Wildman–Crippen MR) is 86.8 cm³/mol. The van der Waals surface area contributed by atoms with Gasteiger partial charge in [0.2, 0.25) is 0 Å². The first-order valence-electron chi connectivity index (χ1n) is 7.92. The maximum atomic E-state index is 10.1. The van der Waals surface area contributed by atoms with E-state index in [1.54, 1.807) is 0 Å². The minimum absolute atomic E-state index is 0.223. The average Bonchev–Trinajstić information content (AvgIpc) is 2.48. The van der Waals surface area contributed by atoms with Gasteiger partial charge < -0.3 is 19.5 Å². The van der Waals surface area contributed by atoms with Crippen LogP contribution in [0.3, 0.4) is 0 Å². The van der Waals surface area contributed by atoms with Crippen LogP contribution in [0.2, 0.25) is 0 Å². The molecular weight excluding hydrogens is 280 g/mol. The first-order valence-corrected chi connectivity index (χ1v) is 7.92. The van der Waals surface area contributed by atoms with E-state index in [9.17, 15) is 5.11 Å². The number of aliphatic hydroxyl groups is 1. The van der Waals surface area contributed by atoms with Gasteiger partial charge in [-0.1, -0.05) is 30.3 Å². The van der Waals surface area contributed by atoms with Gasteiger partial charge in [0, 0.05) is 26.2 Å². The lowest BCUT2D eigenvalue weighted by atomic mass is 10.2. The molecule has 1 N–H and O–H groups in total. The van der Waals surface area contributed by atoms with Crippen LogP contribution in [0, 0.1) is 0 Å². The largest absolute Gasteiger partial charge is 0.389 e. The standard InChI is InChI=1S/C17H28N2O3/c1-18(2)11-17-12-19(8-9-22-17)10-16(20)14-21-13-15-6-4-3-5-7-15/h3-7,16-17,20H,8-14H2,1-2H3/t16-,17-/m0/s1. The molecule has 1 aromatic rings. The Morgan fingerprint density at radius 3 is 2.86 bits per heavy atom. The molecule has 5 heteroatoms. The summed E-state index contributed by atoms with van der Waals surface area (Å²) in [7, 11) is 4.10. The number of ether oxygens (including phenoxy) is 2. The molecule has 0 radical (unpaired) electrons. The van der Waals surface area contributed by atoms with Gasteiger partial charge in [-0.2, -0.15) is 0 Å². The predicted octanol–water partition coefficient (Wildman–Crippen LogP) is 0.827. The minimum atomic E-state index is -0.457. The van der Waals surface area contributed by atoms with E-state index in [0.717, 1.165) is 31.8 Å². The van der Waals surface area contributed by atoms with E-state index in [1.807, 2.05) is 30.3 Å². The summed E-state index contributed by atoms with van der Waals surface area (Å²) in [5.41, 5.74) is 1.13. The summed E-state index contributed by atoms with van der Waals surface area (Å²) >= 11 is 0. The molecule has 1 fully saturated rings. The second kappa shape index (κ2) is 9.22. The molecule has 5 nitrogen and oxygen atoms in total. The van der Waals surface area contributed by atoms with Crippen LogP contribution in [-0.2, 0) is 16.1 Å². The number of hydrogen-bond acceptors (Lipinski definition) is 5. The summed E-state index contributed by atoms with van der Waals surface area (Å²) in [4.78, 5) is 4.39. The van der Waals surface area contributed by atoms with E-state index in [1.165, 1.54) is 0 Å². The van der Waals surface area contributed by atoms with E-state index in [0.29, 0.717) is 19.8 Å². The molecule has 1 aromatic carbocycles. The van der Waals surface area contributed by atoms with Gasteiger partial charge in [-0.3, -0.25) is 4.90 Å². The Hall–Kier alpha value is -0.980. The first kappa shape index (κ1) is 17.4. The number of rotatable bonds is 8. The highest BCUT2D eigenvalue weighted by Gasteiger charge is 2.22. The zero-order valence-corrected chi connectivity index (χ0v) is 13.6. The van der Waals surface area contributed by atoms with Gasteiger partial charge in [-0.25, -0.2) is 0 Å². The molecule has 2 rings (SSSR count). The molecule has 0 aliphatic carbocycles. The van der Waals surface area contributed by atoms with E-state index in [-0.39, 0.29) is 6.10 Å². The van der Waals surface area contributed by atoms with Crippen LogP contribution in [0.25, 0.3) is 0 Å². The maximum Gasteiger partial charge on any atom is 0.0900 e. The van der Waals surface area contributed by atoms with Gasteiger partial charge in [0.05, 0.1) is 32.0 Å². The molecule has 1 aliphatic heterocycles. The Balaban J connectivity index is 1.64. The molecule has 0 bridgehead atoms. The zero-order chi connectivity index (χ0) is 15.8. The molecule has 0 aromatic heterocycles. The molecule has 2 atom stereocenters. The average molecular weight is 308 g/mol. The topological polar surface area (TPSA) is 45.2 Å². The summed E-state index contributed by atoms with van der Waals surface area (Å²) in [6, 6.07) is 10.0. The summed E-state index contributed by atoms with van der Waals surface area (Å²) in [6.45, 7) is 4.94. The van der Waals surface area contributed by atoms with Gasteiger partial charge in [0.15, 0.2) is 0 Å². The van der Waals surface area contributed by atoms with Crippen LogP contribution in [0.1, 0.15) is 5.56 Å². The molecule has 1 saturated heterocycles. The number of benzene rings is 1. The molecule has 1 heterocycles. The molecule has 1 aliphatic rings. The van der Waals surface area contributed by atoms with Crippen LogP contribution in [0.15, 0.2) is 30.3 Å². The molecule has 124 valence electrons. The van der Waals surface area contributed by atoms with E-state index >= 15 is 0 Å². The summed E-state index contributed by atoms with van der Waals surface area (Å²) in [5, 5.41) is 10.1. The fraction of sp³-hybridized carbons (Fsp3) is 0.647. The summed E-state index contributed by atoms with van der Waals surface area (Å²) in [5.74, 6) is 0. The minimum Gasteiger partial charge on any atom is -0.389 e. The SMILES string of the molecule is CN(C)C[C@H]1CN(C[C@H](O)COCc2ccccc2)CCO1. The third-order valence-electron chi connectivity index (χ3n) is 3.68. The van der Waals surface area contributed by atoms with Crippen molar-refractivity contribution in [2.45, 2.75) is 18.8 Å². The van der Waals surface area contributed by atoms with Crippen molar-refractivity contribution in [3.63, 3.8) is 0 Å². The lowest BCUT2D eigenvalue weighted by Crippen LogP contribution is -2.49. The molecule has 0 saturated carbocycles. The van der Waals surface area contributed by atoms with Gasteiger partial charge >= 0.3 is 0 Å². The maximum absolute atomic E-state index is 10.1. The Bertz CT molecular complexity index is 414. The molecule has 0 amide bonds. The van der Waals surface area contributed by atoms with Crippen molar-refractivity contribution < 1.29 is 14.6 Å². The number of nitrogens with zero attached hydrogens (tertiary/aromatic N) is 2. The highest BCUT2D eigenvalue weighted by Crippen LogP contribution is 2.07. The third kappa shape index (κ3) is 6.42. The quantitative estimate of drug-likeness (QED) is 0.770. The van der Waals surface area contributed by atoms with Crippen LogP contribution >= 0.6 is 0 Å². The Kier molecular flexibility index (Phi) is 7.29. The number of morpholine rings is 1. The molecule has 22 heavy (non-hydrogen) atoms. The Labute approximate surface area is 133 Å². The molecule has 0 unspecified atom stereocenters. The lowest BCUT2D eigenvalue weighted by Gasteiger charge is -2.35. The van der Waals surface area contributed by atoms with Crippen LogP contribution in [0.4, 0.5) is 0 Å². The number of β-amino-alcohol motifs (C(OH)–C–C–N with tert-alkyl or cyclic N) is 1. The van der Waals surface area contributed by atoms with Gasteiger partial charge in [0.25, 0.3) is 0 Å². The van der Waals surface area contributed by atoms with Crippen molar-refractivity contribution in [2.75, 3.05) is 53.5 Å². The summed E-state index contributed by atoms with van der Waals surface area (Å²) in [6.07, 6.45) is -0.233. The second-order valence-corrected chi connectivity index (χ2v) is 6.17. The van der Waals surface area contributed by atoms with Crippen molar-refractivity contribution in [1.29, 1.82) is 0 Å². The normalized spacial score (nSPS) is 21.2. The molecule has 0 spiro atoms. The van der Waals surface area contributed by atoms with Gasteiger partial charge in [-0.15, -0.1) is 0 Å². The number of aliphatic hydroxyl groups excluding tert-OH is 1. The van der Waals surface area contributed by atoms with Gasteiger partial charge in [0.1, 0.15) is 0 Å². The van der Waals surface area contributed by atoms with Gasteiger partial charge in [-0.05, 0) is 19.7 Å². The van der Waals surface area contributed by atoms with Crippen LogP contribution < -0.4 is 0 Å². The highest BCUT2D eigenvalue weighted by molar-refractivity contribution is 5.13. The van der Waals surface area contributed by atoms with Crippen LogP contribution in [-0.4, -0.2) is 80.6 Å². The highest BCUT2D eigenvalue weighted by atomic mass is 16.5. The Morgan fingerprint density at radius 1 is 1.36 bits per heavy atom. The smallest absolute Gasteiger partial charge is 0.0900 e. The first-order chi connectivity index (χ1) is 10.6. The number of hydrogen-bond donors (Lipinski definition) is 1. The second-order valence-electron chi connectivity index (χ2n) is 6.17. The van der Waals surface area contributed by atoms with Crippen LogP contribution in [0.5, 0.6) is 0 Å². The Morgan fingerprint density at radius 2 is 2.14 bits per heavy atom. The summed E-state index contributed by atoms with van der Waals surface area (Å²) < 4.78 is 11.3. The van der Waals surface area contributed by atoms with Crippen molar-refractivity contribution in [2.24, 2.45) is 0 Å². The van der Waals surface area contributed by atoms with E-state index in [2.05, 4.69) is 23.9 Å². The van der Waals surface area contributed by atoms with Crippen molar-refractivity contribution >= 4 is 0 Å². The van der Waals surface area contributed by atoms with E-state index < -0.39 is 6.10 Å². The lowest BCUT2D eigenvalue weighted by molar-refractivity contribution is -0.0584. The zero-order valence-electron chi connectivity index (χ0n) is 13.6. The third-order valence-corrected chi connectivity index (χ3v) is 3.68. The van der Waals surface area contributed by atoms with Crippen molar-refractivity contribution in [3.05, 3.63) is 35.9 Å². The van der Waals surface area contributed by atoms with Crippen molar-refractivity contribution in [1.82, 2.24) is 9.80 Å². The monoisotopic (exact) mass is 308 g/mol. The fourth-order valence-electron chi connectivity index (χ4n) is 2.70. The van der Waals surface area contributed by atoms with E-state index in [4.69, 9.17) is 9.47 Å². The molecular formula is C17H28N2O3.